The van der Waals surface area contributed by atoms with E-state index in [2.05, 4.69) is 31.9 Å². The monoisotopic (exact) mass is 630 g/mol. The molecule has 0 atom stereocenters. The molecule has 0 unspecified atom stereocenters. The van der Waals surface area contributed by atoms with Gasteiger partial charge in [-0.05, 0) is 98.0 Å². The Morgan fingerprint density at radius 1 is 0.811 bits per heavy atom. The van der Waals surface area contributed by atoms with Crippen LogP contribution in [0.3, 0.4) is 0 Å². The molecule has 0 fully saturated rings. The van der Waals surface area contributed by atoms with Gasteiger partial charge in [-0.3, -0.25) is 0 Å². The van der Waals surface area contributed by atoms with Crippen LogP contribution in [0.25, 0.3) is 0 Å². The van der Waals surface area contributed by atoms with E-state index in [1.165, 1.54) is 6.07 Å². The average Bonchev–Trinajstić information content (AvgIpc) is 3.19. The van der Waals surface area contributed by atoms with Crippen molar-refractivity contribution in [2.24, 2.45) is 0 Å². The number of rotatable bonds is 7. The summed E-state index contributed by atoms with van der Waals surface area (Å²) >= 11 is 6.99. The lowest BCUT2D eigenvalue weighted by Crippen LogP contribution is -2.33. The average molecular weight is 632 g/mol. The van der Waals surface area contributed by atoms with Crippen LogP contribution in [-0.4, -0.2) is 27.3 Å². The minimum atomic E-state index is -1.51. The normalized spacial score (nSPS) is 13.9. The molecular formula is C29H28Br2O6. The van der Waals surface area contributed by atoms with Gasteiger partial charge in [-0.1, -0.05) is 39.8 Å². The van der Waals surface area contributed by atoms with Crippen LogP contribution in [0.5, 0.6) is 11.5 Å². The van der Waals surface area contributed by atoms with Crippen LogP contribution in [0, 0.1) is 0 Å². The van der Waals surface area contributed by atoms with Crippen LogP contribution >= 0.6 is 31.9 Å². The fourth-order valence-corrected chi connectivity index (χ4v) is 6.63. The second-order valence-electron chi connectivity index (χ2n) is 8.94. The molecule has 3 aromatic carbocycles. The van der Waals surface area contributed by atoms with Crippen molar-refractivity contribution in [1.29, 1.82) is 0 Å². The van der Waals surface area contributed by atoms with Crippen molar-refractivity contribution in [3.8, 4) is 11.5 Å². The Kier molecular flexibility index (Phi) is 7.45. The zero-order valence-electron chi connectivity index (χ0n) is 21.0. The topological polar surface area (TPSA) is 104 Å². The van der Waals surface area contributed by atoms with Gasteiger partial charge in [0.2, 0.25) is 0 Å². The third kappa shape index (κ3) is 3.96. The van der Waals surface area contributed by atoms with Crippen molar-refractivity contribution < 1.29 is 29.6 Å². The van der Waals surface area contributed by atoms with Crippen molar-refractivity contribution in [2.75, 3.05) is 0 Å². The lowest BCUT2D eigenvalue weighted by Gasteiger charge is -2.36. The first-order valence-electron chi connectivity index (χ1n) is 12.3. The molecule has 0 aliphatic carbocycles. The van der Waals surface area contributed by atoms with Gasteiger partial charge in [0.1, 0.15) is 11.5 Å². The highest BCUT2D eigenvalue weighted by Gasteiger charge is 2.52. The van der Waals surface area contributed by atoms with Gasteiger partial charge >= 0.3 is 11.9 Å². The third-order valence-electron chi connectivity index (χ3n) is 7.24. The van der Waals surface area contributed by atoms with E-state index in [1.54, 1.807) is 24.3 Å². The predicted molar refractivity (Wildman–Crippen MR) is 148 cm³/mol. The molecule has 0 saturated carbocycles. The second kappa shape index (κ2) is 10.1. The molecule has 3 aromatic rings. The Bertz CT molecular complexity index is 1380. The van der Waals surface area contributed by atoms with E-state index in [9.17, 15) is 24.9 Å². The lowest BCUT2D eigenvalue weighted by atomic mass is 9.73. The third-order valence-corrected chi connectivity index (χ3v) is 8.45. The number of aromatic carboxylic acids is 1. The molecule has 1 heterocycles. The van der Waals surface area contributed by atoms with E-state index in [-0.39, 0.29) is 22.6 Å². The summed E-state index contributed by atoms with van der Waals surface area (Å²) in [4.78, 5) is 25.7. The summed E-state index contributed by atoms with van der Waals surface area (Å²) in [5.74, 6) is -1.71. The second-order valence-corrected chi connectivity index (χ2v) is 10.7. The van der Waals surface area contributed by atoms with Crippen LogP contribution in [0.4, 0.5) is 0 Å². The molecule has 0 aromatic heterocycles. The maximum Gasteiger partial charge on any atom is 0.341 e. The molecule has 37 heavy (non-hydrogen) atoms. The highest BCUT2D eigenvalue weighted by atomic mass is 79.9. The number of ether oxygens (including phenoxy) is 1. The van der Waals surface area contributed by atoms with E-state index in [1.807, 2.05) is 27.7 Å². The molecule has 3 N–H and O–H groups in total. The van der Waals surface area contributed by atoms with Gasteiger partial charge in [0.25, 0.3) is 0 Å². The minimum Gasteiger partial charge on any atom is -0.506 e. The van der Waals surface area contributed by atoms with Crippen molar-refractivity contribution in [2.45, 2.75) is 59.0 Å². The van der Waals surface area contributed by atoms with E-state index >= 15 is 0 Å². The maximum absolute atomic E-state index is 13.6. The molecule has 6 nitrogen and oxygen atoms in total. The number of phenols is 2. The van der Waals surface area contributed by atoms with Gasteiger partial charge in [0, 0.05) is 16.7 Å². The number of hydrogen-bond donors (Lipinski definition) is 3. The van der Waals surface area contributed by atoms with Crippen LogP contribution in [0.1, 0.15) is 87.4 Å². The Morgan fingerprint density at radius 3 is 1.68 bits per heavy atom. The number of fused-ring (bicyclic) bond motifs is 1. The number of carbonyl (C=O) groups excluding carboxylic acids is 1. The first kappa shape index (κ1) is 27.2. The highest BCUT2D eigenvalue weighted by molar-refractivity contribution is 9.10. The van der Waals surface area contributed by atoms with Gasteiger partial charge in [-0.2, -0.15) is 0 Å². The fraction of sp³-hybridized carbons (Fsp3) is 0.310. The number of carboxylic acid groups (broad SMARTS) is 1. The van der Waals surface area contributed by atoms with Gasteiger partial charge < -0.3 is 20.1 Å². The number of carboxylic acids is 1. The van der Waals surface area contributed by atoms with E-state index in [0.29, 0.717) is 51.3 Å². The van der Waals surface area contributed by atoms with Gasteiger partial charge in [0.15, 0.2) is 5.60 Å². The zero-order valence-corrected chi connectivity index (χ0v) is 24.2. The van der Waals surface area contributed by atoms with Crippen molar-refractivity contribution >= 4 is 43.8 Å². The van der Waals surface area contributed by atoms with E-state index in [0.717, 1.165) is 22.3 Å². The number of carbonyl (C=O) groups is 2. The van der Waals surface area contributed by atoms with Gasteiger partial charge in [0.05, 0.1) is 20.1 Å². The standard InChI is InChI=1S/C29H28Br2O6/c1-5-14-16(7-3)25(32)22(30)12-20(14)29(21-13-23(31)26(33)17(8-4)15(21)6-2)19-11-9-10-18(27(34)35)24(19)28(36)37-29/h9-13,32-33H,5-8H2,1-4H3,(H,34,35). The molecule has 0 saturated heterocycles. The Labute approximate surface area is 232 Å². The van der Waals surface area contributed by atoms with E-state index < -0.39 is 17.5 Å². The van der Waals surface area contributed by atoms with Crippen molar-refractivity contribution in [1.82, 2.24) is 0 Å². The first-order chi connectivity index (χ1) is 17.6. The number of benzene rings is 3. The van der Waals surface area contributed by atoms with Crippen molar-refractivity contribution in [3.63, 3.8) is 0 Å². The molecule has 0 spiro atoms. The molecule has 1 aliphatic rings. The number of hydrogen-bond acceptors (Lipinski definition) is 5. The van der Waals surface area contributed by atoms with Gasteiger partial charge in [-0.25, -0.2) is 9.59 Å². The van der Waals surface area contributed by atoms with E-state index in [4.69, 9.17) is 4.74 Å². The smallest absolute Gasteiger partial charge is 0.341 e. The molecule has 0 amide bonds. The summed E-state index contributed by atoms with van der Waals surface area (Å²) in [6.45, 7) is 7.82. The largest absolute Gasteiger partial charge is 0.506 e. The molecule has 0 bridgehead atoms. The predicted octanol–water partition coefficient (Wildman–Crippen LogP) is 7.03. The summed E-state index contributed by atoms with van der Waals surface area (Å²) in [6, 6.07) is 8.26. The summed E-state index contributed by atoms with van der Waals surface area (Å²) in [6.07, 6.45) is 2.14. The number of aromatic hydroxyl groups is 2. The minimum absolute atomic E-state index is 0.00333. The Balaban J connectivity index is 2.30. The zero-order chi connectivity index (χ0) is 27.2. The quantitative estimate of drug-likeness (QED) is 0.242. The van der Waals surface area contributed by atoms with Gasteiger partial charge in [-0.15, -0.1) is 0 Å². The summed E-state index contributed by atoms with van der Waals surface area (Å²) in [5, 5.41) is 31.7. The molecule has 4 rings (SSSR count). The summed E-state index contributed by atoms with van der Waals surface area (Å²) in [7, 11) is 0. The lowest BCUT2D eigenvalue weighted by molar-refractivity contribution is 0.0243. The SMILES string of the molecule is CCc1c(C2(c3cc(Br)c(O)c(CC)c3CC)OC(=O)c3c(C(=O)O)cccc32)cc(Br)c(O)c1CC. The van der Waals surface area contributed by atoms with Crippen LogP contribution in [-0.2, 0) is 36.0 Å². The summed E-state index contributed by atoms with van der Waals surface area (Å²) < 4.78 is 7.24. The van der Waals surface area contributed by atoms with Crippen molar-refractivity contribution in [3.05, 3.63) is 89.3 Å². The first-order valence-corrected chi connectivity index (χ1v) is 13.8. The molecule has 1 aliphatic heterocycles. The summed E-state index contributed by atoms with van der Waals surface area (Å²) in [5.41, 5.74) is 3.12. The molecule has 8 heteroatoms. The Hall–Kier alpha value is -2.84. The molecule has 0 radical (unpaired) electrons. The fourth-order valence-electron chi connectivity index (χ4n) is 5.70. The van der Waals surface area contributed by atoms with Crippen LogP contribution < -0.4 is 0 Å². The maximum atomic E-state index is 13.6. The molecule has 194 valence electrons. The number of cyclic esters (lactones) is 1. The van der Waals surface area contributed by atoms with Crippen LogP contribution in [0.2, 0.25) is 0 Å². The van der Waals surface area contributed by atoms with Crippen LogP contribution in [0.15, 0.2) is 39.3 Å². The molecular weight excluding hydrogens is 604 g/mol. The number of halogens is 2. The number of phenolic OH excluding ortho intramolecular Hbond substituents is 2. The Morgan fingerprint density at radius 2 is 1.27 bits per heavy atom. The number of esters is 1. The highest BCUT2D eigenvalue weighted by Crippen LogP contribution is 2.54.